The highest BCUT2D eigenvalue weighted by Crippen LogP contribution is 2.30. The van der Waals surface area contributed by atoms with E-state index >= 15 is 0 Å². The van der Waals surface area contributed by atoms with Crippen molar-refractivity contribution in [2.45, 2.75) is 17.5 Å². The first-order valence-corrected chi connectivity index (χ1v) is 11.7. The van der Waals surface area contributed by atoms with Crippen molar-refractivity contribution >= 4 is 34.7 Å². The van der Waals surface area contributed by atoms with Gasteiger partial charge < -0.3 is 4.52 Å². The van der Waals surface area contributed by atoms with E-state index in [4.69, 9.17) is 16.1 Å². The normalized spacial score (nSPS) is 11.1. The Kier molecular flexibility index (Phi) is 5.84. The molecule has 9 heteroatoms. The lowest BCUT2D eigenvalue weighted by Crippen LogP contribution is -2.03. The summed E-state index contributed by atoms with van der Waals surface area (Å²) in [5.41, 5.74) is 1.98. The van der Waals surface area contributed by atoms with Gasteiger partial charge in [-0.3, -0.25) is 4.57 Å². The van der Waals surface area contributed by atoms with Crippen molar-refractivity contribution < 1.29 is 4.52 Å². The van der Waals surface area contributed by atoms with Gasteiger partial charge in [0, 0.05) is 10.6 Å². The molecule has 2 aromatic carbocycles. The standard InChI is InChI=1S/C22H16ClN5OS2/c23-17-9-4-8-16(12-17)21-24-19(27-29-21)14-31-22-26-25-20(18-10-5-11-30-18)28(22)13-15-6-2-1-3-7-15/h1-12H,13-14H2. The van der Waals surface area contributed by atoms with Crippen LogP contribution >= 0.6 is 34.7 Å². The Morgan fingerprint density at radius 2 is 1.90 bits per heavy atom. The smallest absolute Gasteiger partial charge is 0.258 e. The number of hydrogen-bond acceptors (Lipinski definition) is 7. The van der Waals surface area contributed by atoms with Gasteiger partial charge in [-0.05, 0) is 35.2 Å². The molecule has 0 N–H and O–H groups in total. The number of halogens is 1. The quantitative estimate of drug-likeness (QED) is 0.272. The fraction of sp³-hybridized carbons (Fsp3) is 0.0909. The number of benzene rings is 2. The maximum atomic E-state index is 6.06. The molecule has 0 saturated heterocycles. The summed E-state index contributed by atoms with van der Waals surface area (Å²) >= 11 is 9.24. The molecule has 6 nitrogen and oxygen atoms in total. The second-order valence-electron chi connectivity index (χ2n) is 6.67. The van der Waals surface area contributed by atoms with Gasteiger partial charge in [-0.15, -0.1) is 21.5 Å². The zero-order chi connectivity index (χ0) is 21.0. The fourth-order valence-corrected chi connectivity index (χ4v) is 4.76. The largest absolute Gasteiger partial charge is 0.334 e. The molecule has 0 saturated carbocycles. The van der Waals surface area contributed by atoms with Crippen LogP contribution in [0.15, 0.2) is 81.8 Å². The Morgan fingerprint density at radius 3 is 2.71 bits per heavy atom. The zero-order valence-corrected chi connectivity index (χ0v) is 18.6. The molecule has 5 rings (SSSR count). The molecule has 0 atom stereocenters. The van der Waals surface area contributed by atoms with E-state index in [1.807, 2.05) is 47.8 Å². The number of rotatable bonds is 7. The summed E-state index contributed by atoms with van der Waals surface area (Å²) in [4.78, 5) is 5.58. The lowest BCUT2D eigenvalue weighted by atomic mass is 10.2. The Hall–Kier alpha value is -2.94. The average molecular weight is 466 g/mol. The summed E-state index contributed by atoms with van der Waals surface area (Å²) in [5, 5.41) is 16.5. The topological polar surface area (TPSA) is 69.6 Å². The van der Waals surface area contributed by atoms with Gasteiger partial charge in [0.2, 0.25) is 0 Å². The van der Waals surface area contributed by atoms with Gasteiger partial charge >= 0.3 is 0 Å². The van der Waals surface area contributed by atoms with Crippen LogP contribution in [-0.4, -0.2) is 24.9 Å². The SMILES string of the molecule is Clc1cccc(-c2nc(CSc3nnc(-c4cccs4)n3Cc3ccccc3)no2)c1. The van der Waals surface area contributed by atoms with Crippen LogP contribution in [0.3, 0.4) is 0 Å². The highest BCUT2D eigenvalue weighted by atomic mass is 35.5. The molecule has 0 amide bonds. The second kappa shape index (κ2) is 9.05. The fourth-order valence-electron chi connectivity index (χ4n) is 3.07. The summed E-state index contributed by atoms with van der Waals surface area (Å²) in [6.45, 7) is 0.684. The third kappa shape index (κ3) is 4.56. The van der Waals surface area contributed by atoms with Crippen molar-refractivity contribution in [1.29, 1.82) is 0 Å². The number of hydrogen-bond donors (Lipinski definition) is 0. The molecule has 0 radical (unpaired) electrons. The molecule has 3 heterocycles. The van der Waals surface area contributed by atoms with E-state index in [1.165, 1.54) is 17.3 Å². The van der Waals surface area contributed by atoms with Gasteiger partial charge in [0.25, 0.3) is 5.89 Å². The average Bonchev–Trinajstić information content (AvgIpc) is 3.54. The Bertz CT molecular complexity index is 1280. The summed E-state index contributed by atoms with van der Waals surface area (Å²) in [6, 6.07) is 21.7. The van der Waals surface area contributed by atoms with Gasteiger partial charge in [-0.2, -0.15) is 4.98 Å². The van der Waals surface area contributed by atoms with Crippen LogP contribution in [0.2, 0.25) is 5.02 Å². The van der Waals surface area contributed by atoms with Crippen LogP contribution in [0.5, 0.6) is 0 Å². The van der Waals surface area contributed by atoms with E-state index < -0.39 is 0 Å². The molecule has 5 aromatic rings. The summed E-state index contributed by atoms with van der Waals surface area (Å²) in [5.74, 6) is 2.41. The van der Waals surface area contributed by atoms with Gasteiger partial charge in [0.15, 0.2) is 16.8 Å². The van der Waals surface area contributed by atoms with E-state index in [0.717, 1.165) is 21.4 Å². The maximum absolute atomic E-state index is 6.06. The summed E-state index contributed by atoms with van der Waals surface area (Å²) in [6.07, 6.45) is 0. The van der Waals surface area contributed by atoms with E-state index in [1.54, 1.807) is 17.4 Å². The molecule has 154 valence electrons. The monoisotopic (exact) mass is 465 g/mol. The minimum atomic E-state index is 0.447. The van der Waals surface area contributed by atoms with E-state index in [-0.39, 0.29) is 0 Å². The van der Waals surface area contributed by atoms with Gasteiger partial charge in [0.05, 0.1) is 17.2 Å². The number of aromatic nitrogens is 5. The van der Waals surface area contributed by atoms with E-state index in [9.17, 15) is 0 Å². The predicted octanol–water partition coefficient (Wildman–Crippen LogP) is 6.05. The molecule has 0 aliphatic rings. The Labute approximate surface area is 191 Å². The first kappa shape index (κ1) is 20.0. The molecular formula is C22H16ClN5OS2. The lowest BCUT2D eigenvalue weighted by Gasteiger charge is -2.09. The minimum absolute atomic E-state index is 0.447. The van der Waals surface area contributed by atoms with Gasteiger partial charge in [0.1, 0.15) is 0 Å². The molecule has 0 unspecified atom stereocenters. The Morgan fingerprint density at radius 1 is 1.00 bits per heavy atom. The van der Waals surface area contributed by atoms with Crippen molar-refractivity contribution in [3.63, 3.8) is 0 Å². The number of thioether (sulfide) groups is 1. The van der Waals surface area contributed by atoms with Gasteiger partial charge in [-0.1, -0.05) is 71.0 Å². The summed E-state index contributed by atoms with van der Waals surface area (Å²) in [7, 11) is 0. The van der Waals surface area contributed by atoms with Crippen molar-refractivity contribution in [2.75, 3.05) is 0 Å². The number of nitrogens with zero attached hydrogens (tertiary/aromatic N) is 5. The third-order valence-electron chi connectivity index (χ3n) is 4.51. The van der Waals surface area contributed by atoms with Crippen LogP contribution in [0.1, 0.15) is 11.4 Å². The molecule has 0 bridgehead atoms. The first-order valence-electron chi connectivity index (χ1n) is 9.48. The van der Waals surface area contributed by atoms with E-state index in [2.05, 4.69) is 43.1 Å². The van der Waals surface area contributed by atoms with Gasteiger partial charge in [-0.25, -0.2) is 0 Å². The van der Waals surface area contributed by atoms with Crippen molar-refractivity contribution in [3.05, 3.63) is 88.5 Å². The van der Waals surface area contributed by atoms with Crippen LogP contribution in [0.25, 0.3) is 22.2 Å². The third-order valence-corrected chi connectivity index (χ3v) is 6.58. The van der Waals surface area contributed by atoms with Crippen molar-refractivity contribution in [1.82, 2.24) is 24.9 Å². The highest BCUT2D eigenvalue weighted by molar-refractivity contribution is 7.98. The van der Waals surface area contributed by atoms with Crippen molar-refractivity contribution in [3.8, 4) is 22.2 Å². The highest BCUT2D eigenvalue weighted by Gasteiger charge is 2.17. The van der Waals surface area contributed by atoms with Crippen LogP contribution in [-0.2, 0) is 12.3 Å². The van der Waals surface area contributed by atoms with Crippen molar-refractivity contribution in [2.24, 2.45) is 0 Å². The molecule has 0 aliphatic heterocycles. The molecule has 3 aromatic heterocycles. The van der Waals surface area contributed by atoms with Crippen LogP contribution in [0.4, 0.5) is 0 Å². The number of thiophene rings is 1. The zero-order valence-electron chi connectivity index (χ0n) is 16.2. The molecule has 0 fully saturated rings. The van der Waals surface area contributed by atoms with Crippen LogP contribution in [0, 0.1) is 0 Å². The predicted molar refractivity (Wildman–Crippen MR) is 123 cm³/mol. The molecule has 31 heavy (non-hydrogen) atoms. The van der Waals surface area contributed by atoms with Crippen LogP contribution < -0.4 is 0 Å². The molecular weight excluding hydrogens is 450 g/mol. The minimum Gasteiger partial charge on any atom is -0.334 e. The molecule has 0 spiro atoms. The van der Waals surface area contributed by atoms with E-state index in [0.29, 0.717) is 29.0 Å². The molecule has 0 aliphatic carbocycles. The lowest BCUT2D eigenvalue weighted by molar-refractivity contribution is 0.425. The second-order valence-corrected chi connectivity index (χ2v) is 9.00. The Balaban J connectivity index is 1.38. The maximum Gasteiger partial charge on any atom is 0.258 e. The summed E-state index contributed by atoms with van der Waals surface area (Å²) < 4.78 is 7.54. The first-order chi connectivity index (χ1) is 15.3.